The van der Waals surface area contributed by atoms with Crippen LogP contribution in [-0.2, 0) is 4.79 Å². The van der Waals surface area contributed by atoms with Gasteiger partial charge in [-0.15, -0.1) is 0 Å². The number of hydrogen-bond acceptors (Lipinski definition) is 2. The molecule has 0 bridgehead atoms. The number of carbonyl (C=O) groups is 1. The van der Waals surface area contributed by atoms with Gasteiger partial charge in [0, 0.05) is 14.1 Å². The second kappa shape index (κ2) is 6.02. The molecule has 0 fully saturated rings. The quantitative estimate of drug-likeness (QED) is 0.604. The van der Waals surface area contributed by atoms with Crippen LogP contribution >= 0.6 is 0 Å². The van der Waals surface area contributed by atoms with E-state index in [9.17, 15) is 4.79 Å². The van der Waals surface area contributed by atoms with Crippen LogP contribution in [0.25, 0.3) is 6.08 Å². The third kappa shape index (κ3) is 3.46. The van der Waals surface area contributed by atoms with Gasteiger partial charge in [0.25, 0.3) is 5.91 Å². The zero-order valence-electron chi connectivity index (χ0n) is 11.3. The lowest BCUT2D eigenvalue weighted by atomic mass is 10.0. The summed E-state index contributed by atoms with van der Waals surface area (Å²) < 4.78 is 0. The summed E-state index contributed by atoms with van der Waals surface area (Å²) in [5.41, 5.74) is 2.26. The summed E-state index contributed by atoms with van der Waals surface area (Å²) in [6.45, 7) is 4.25. The Morgan fingerprint density at radius 3 is 2.22 bits per heavy atom. The first-order valence-corrected chi connectivity index (χ1v) is 5.89. The monoisotopic (exact) mass is 242 g/mol. The number of likely N-dealkylation sites (N-methyl/N-ethyl adjacent to an activating group) is 1. The van der Waals surface area contributed by atoms with Gasteiger partial charge < -0.3 is 4.90 Å². The largest absolute Gasteiger partial charge is 0.344 e. The fourth-order valence-corrected chi connectivity index (χ4v) is 1.53. The fourth-order valence-electron chi connectivity index (χ4n) is 1.53. The molecule has 94 valence electrons. The van der Waals surface area contributed by atoms with Gasteiger partial charge in [-0.25, -0.2) is 0 Å². The summed E-state index contributed by atoms with van der Waals surface area (Å²) in [5.74, 6) is 0.201. The number of amides is 1. The van der Waals surface area contributed by atoms with E-state index in [0.717, 1.165) is 5.56 Å². The van der Waals surface area contributed by atoms with Crippen molar-refractivity contribution in [1.29, 1.82) is 5.26 Å². The van der Waals surface area contributed by atoms with E-state index in [2.05, 4.69) is 13.8 Å². The van der Waals surface area contributed by atoms with Crippen LogP contribution < -0.4 is 0 Å². The first-order valence-electron chi connectivity index (χ1n) is 5.89. The minimum absolute atomic E-state index is 0.150. The second-order valence-electron chi connectivity index (χ2n) is 4.69. The lowest BCUT2D eigenvalue weighted by Gasteiger charge is -2.09. The maximum absolute atomic E-state index is 11.7. The van der Waals surface area contributed by atoms with Crippen LogP contribution in [-0.4, -0.2) is 24.9 Å². The Balaban J connectivity index is 3.01. The highest BCUT2D eigenvalue weighted by Gasteiger charge is 2.10. The lowest BCUT2D eigenvalue weighted by molar-refractivity contribution is -0.124. The van der Waals surface area contributed by atoms with Gasteiger partial charge in [0.2, 0.25) is 0 Å². The van der Waals surface area contributed by atoms with E-state index in [1.165, 1.54) is 10.5 Å². The van der Waals surface area contributed by atoms with E-state index in [4.69, 9.17) is 5.26 Å². The molecule has 0 aliphatic rings. The van der Waals surface area contributed by atoms with Crippen LogP contribution in [0.4, 0.5) is 0 Å². The highest BCUT2D eigenvalue weighted by atomic mass is 16.2. The normalized spacial score (nSPS) is 11.2. The summed E-state index contributed by atoms with van der Waals surface area (Å²) in [6.07, 6.45) is 1.62. The van der Waals surface area contributed by atoms with Crippen LogP contribution in [0.15, 0.2) is 29.8 Å². The number of nitrogens with zero attached hydrogens (tertiary/aromatic N) is 2. The molecule has 1 aromatic carbocycles. The molecule has 1 rings (SSSR count). The van der Waals surface area contributed by atoms with Gasteiger partial charge in [-0.1, -0.05) is 38.1 Å². The smallest absolute Gasteiger partial charge is 0.264 e. The average molecular weight is 242 g/mol. The number of nitriles is 1. The summed E-state index contributed by atoms with van der Waals surface area (Å²) in [4.78, 5) is 13.1. The van der Waals surface area contributed by atoms with Crippen LogP contribution in [0.5, 0.6) is 0 Å². The van der Waals surface area contributed by atoms with Crippen LogP contribution in [0.3, 0.4) is 0 Å². The molecular weight excluding hydrogens is 224 g/mol. The zero-order chi connectivity index (χ0) is 13.7. The SMILES string of the molecule is CC(C)c1ccc(/C=C(/C#N)C(=O)N(C)C)cc1. The number of carbonyl (C=O) groups excluding carboxylic acids is 1. The van der Waals surface area contributed by atoms with Gasteiger partial charge in [0.15, 0.2) is 0 Å². The van der Waals surface area contributed by atoms with Gasteiger partial charge in [-0.2, -0.15) is 5.26 Å². The molecule has 0 unspecified atom stereocenters. The summed E-state index contributed by atoms with van der Waals surface area (Å²) >= 11 is 0. The molecule has 0 saturated heterocycles. The first kappa shape index (κ1) is 14.0. The van der Waals surface area contributed by atoms with Crippen molar-refractivity contribution >= 4 is 12.0 Å². The van der Waals surface area contributed by atoms with E-state index in [1.807, 2.05) is 30.3 Å². The Hall–Kier alpha value is -2.08. The molecule has 0 aromatic heterocycles. The number of hydrogen-bond donors (Lipinski definition) is 0. The molecule has 0 N–H and O–H groups in total. The molecule has 0 aliphatic carbocycles. The lowest BCUT2D eigenvalue weighted by Crippen LogP contribution is -2.22. The van der Waals surface area contributed by atoms with Crippen molar-refractivity contribution in [3.05, 3.63) is 41.0 Å². The van der Waals surface area contributed by atoms with Crippen LogP contribution in [0.1, 0.15) is 30.9 Å². The van der Waals surface area contributed by atoms with Gasteiger partial charge >= 0.3 is 0 Å². The van der Waals surface area contributed by atoms with Crippen LogP contribution in [0.2, 0.25) is 0 Å². The Morgan fingerprint density at radius 1 is 1.28 bits per heavy atom. The molecule has 3 heteroatoms. The molecule has 0 spiro atoms. The Bertz CT molecular complexity index is 490. The van der Waals surface area contributed by atoms with E-state index in [1.54, 1.807) is 20.2 Å². The average Bonchev–Trinajstić information content (AvgIpc) is 2.35. The molecule has 1 amide bonds. The Labute approximate surface area is 108 Å². The maximum atomic E-state index is 11.7. The zero-order valence-corrected chi connectivity index (χ0v) is 11.3. The van der Waals surface area contributed by atoms with Crippen LogP contribution in [0, 0.1) is 11.3 Å². The van der Waals surface area contributed by atoms with Crippen molar-refractivity contribution < 1.29 is 4.79 Å². The predicted molar refractivity (Wildman–Crippen MR) is 72.8 cm³/mol. The number of benzene rings is 1. The number of rotatable bonds is 3. The third-order valence-electron chi connectivity index (χ3n) is 2.67. The highest BCUT2D eigenvalue weighted by molar-refractivity contribution is 6.01. The van der Waals surface area contributed by atoms with E-state index < -0.39 is 0 Å². The minimum Gasteiger partial charge on any atom is -0.344 e. The first-order chi connectivity index (χ1) is 8.45. The fraction of sp³-hybridized carbons (Fsp3) is 0.333. The minimum atomic E-state index is -0.273. The van der Waals surface area contributed by atoms with Gasteiger partial charge in [0.05, 0.1) is 0 Å². The van der Waals surface area contributed by atoms with Gasteiger partial charge in [0.1, 0.15) is 11.6 Å². The molecule has 0 saturated carbocycles. The van der Waals surface area contributed by atoms with Crippen molar-refractivity contribution in [2.24, 2.45) is 0 Å². The van der Waals surface area contributed by atoms with Crippen molar-refractivity contribution in [3.63, 3.8) is 0 Å². The third-order valence-corrected chi connectivity index (χ3v) is 2.67. The standard InChI is InChI=1S/C15H18N2O/c1-11(2)13-7-5-12(6-8-13)9-14(10-16)15(18)17(3)4/h5-9,11H,1-4H3/b14-9-. The molecule has 3 nitrogen and oxygen atoms in total. The molecule has 0 radical (unpaired) electrons. The molecule has 1 aromatic rings. The summed E-state index contributed by atoms with van der Waals surface area (Å²) in [5, 5.41) is 8.98. The van der Waals surface area contributed by atoms with E-state index in [-0.39, 0.29) is 11.5 Å². The van der Waals surface area contributed by atoms with E-state index in [0.29, 0.717) is 5.92 Å². The Morgan fingerprint density at radius 2 is 1.83 bits per heavy atom. The Kier molecular flexibility index (Phi) is 4.67. The highest BCUT2D eigenvalue weighted by Crippen LogP contribution is 2.16. The molecular formula is C15H18N2O. The summed E-state index contributed by atoms with van der Waals surface area (Å²) in [6, 6.07) is 9.83. The topological polar surface area (TPSA) is 44.1 Å². The van der Waals surface area contributed by atoms with Crippen molar-refractivity contribution in [3.8, 4) is 6.07 Å². The second-order valence-corrected chi connectivity index (χ2v) is 4.69. The molecule has 0 heterocycles. The molecule has 0 aliphatic heterocycles. The molecule has 18 heavy (non-hydrogen) atoms. The molecule has 0 atom stereocenters. The predicted octanol–water partition coefficient (Wildman–Crippen LogP) is 2.81. The maximum Gasteiger partial charge on any atom is 0.264 e. The van der Waals surface area contributed by atoms with Crippen molar-refractivity contribution in [1.82, 2.24) is 4.90 Å². The van der Waals surface area contributed by atoms with Crippen molar-refractivity contribution in [2.75, 3.05) is 14.1 Å². The van der Waals surface area contributed by atoms with Crippen molar-refractivity contribution in [2.45, 2.75) is 19.8 Å². The van der Waals surface area contributed by atoms with E-state index >= 15 is 0 Å². The summed E-state index contributed by atoms with van der Waals surface area (Å²) in [7, 11) is 3.27. The van der Waals surface area contributed by atoms with Gasteiger partial charge in [-0.3, -0.25) is 4.79 Å². The van der Waals surface area contributed by atoms with Gasteiger partial charge in [-0.05, 0) is 23.1 Å².